The quantitative estimate of drug-likeness (QED) is 0.713. The Hall–Kier alpha value is -2.72. The molecular formula is C17H19FN2O7. The highest BCUT2D eigenvalue weighted by Crippen LogP contribution is 2.30. The molecule has 1 fully saturated rings. The van der Waals surface area contributed by atoms with Gasteiger partial charge >= 0.3 is 11.7 Å². The van der Waals surface area contributed by atoms with Crippen molar-refractivity contribution in [2.75, 3.05) is 6.61 Å². The second kappa shape index (κ2) is 8.31. The summed E-state index contributed by atoms with van der Waals surface area (Å²) in [6, 6.07) is 3.46. The van der Waals surface area contributed by atoms with E-state index in [2.05, 4.69) is 0 Å². The van der Waals surface area contributed by atoms with E-state index in [0.29, 0.717) is 5.76 Å². The van der Waals surface area contributed by atoms with E-state index in [1.165, 1.54) is 6.26 Å². The predicted octanol–water partition coefficient (Wildman–Crippen LogP) is 1.09. The molecule has 10 heteroatoms. The monoisotopic (exact) mass is 382 g/mol. The zero-order valence-corrected chi connectivity index (χ0v) is 14.6. The van der Waals surface area contributed by atoms with Crippen molar-refractivity contribution < 1.29 is 27.8 Å². The smallest absolute Gasteiger partial charge is 0.330 e. The topological polar surface area (TPSA) is 113 Å². The molecule has 3 heterocycles. The standard InChI is InChI=1S/C17H19FN2O7/c1-2-15(21)26-9-13-12(25-8-10-4-3-5-24-10)6-14(27-13)20-7-11(18)16(22)19-17(20)23/h3-5,7,12-14H,2,6,8-9H2,1H3,(H,19,22,23)/t12?,13-,14-/m0/s1. The number of esters is 1. The maximum atomic E-state index is 13.6. The summed E-state index contributed by atoms with van der Waals surface area (Å²) < 4.78 is 36.4. The summed E-state index contributed by atoms with van der Waals surface area (Å²) in [4.78, 5) is 36.5. The number of aromatic amines is 1. The molecule has 0 amide bonds. The molecule has 0 saturated carbocycles. The van der Waals surface area contributed by atoms with Gasteiger partial charge in [-0.15, -0.1) is 0 Å². The molecule has 146 valence electrons. The van der Waals surface area contributed by atoms with Crippen LogP contribution < -0.4 is 11.2 Å². The fraction of sp³-hybridized carbons (Fsp3) is 0.471. The van der Waals surface area contributed by atoms with Gasteiger partial charge < -0.3 is 18.6 Å². The lowest BCUT2D eigenvalue weighted by molar-refractivity contribution is -0.151. The van der Waals surface area contributed by atoms with Gasteiger partial charge in [0.1, 0.15) is 31.3 Å². The molecule has 9 nitrogen and oxygen atoms in total. The molecule has 1 aliphatic heterocycles. The van der Waals surface area contributed by atoms with Crippen molar-refractivity contribution in [2.45, 2.75) is 44.8 Å². The lowest BCUT2D eigenvalue weighted by Gasteiger charge is -2.18. The van der Waals surface area contributed by atoms with E-state index >= 15 is 0 Å². The maximum absolute atomic E-state index is 13.6. The van der Waals surface area contributed by atoms with Crippen LogP contribution in [0.5, 0.6) is 0 Å². The Morgan fingerprint density at radius 1 is 1.44 bits per heavy atom. The van der Waals surface area contributed by atoms with Crippen LogP contribution in [-0.2, 0) is 25.6 Å². The first-order valence-electron chi connectivity index (χ1n) is 8.44. The molecule has 3 atom stereocenters. The van der Waals surface area contributed by atoms with Gasteiger partial charge in [-0.05, 0) is 12.1 Å². The third-order valence-corrected chi connectivity index (χ3v) is 4.13. The largest absolute Gasteiger partial charge is 0.467 e. The average molecular weight is 382 g/mol. The molecule has 1 aliphatic rings. The highest BCUT2D eigenvalue weighted by atomic mass is 19.1. The summed E-state index contributed by atoms with van der Waals surface area (Å²) in [6.07, 6.45) is 0.620. The van der Waals surface area contributed by atoms with Gasteiger partial charge in [0.05, 0.1) is 18.6 Å². The van der Waals surface area contributed by atoms with Crippen LogP contribution in [0.15, 0.2) is 38.6 Å². The SMILES string of the molecule is CCC(=O)OC[C@@H]1O[C@H](n2cc(F)c(=O)[nH]c2=O)CC1OCc1ccco1. The van der Waals surface area contributed by atoms with Gasteiger partial charge in [0.25, 0.3) is 5.56 Å². The number of hydrogen-bond acceptors (Lipinski definition) is 7. The molecule has 1 unspecified atom stereocenters. The third kappa shape index (κ3) is 4.52. The summed E-state index contributed by atoms with van der Waals surface area (Å²) in [5.41, 5.74) is -1.91. The maximum Gasteiger partial charge on any atom is 0.330 e. The summed E-state index contributed by atoms with van der Waals surface area (Å²) in [5.74, 6) is -0.916. The first-order chi connectivity index (χ1) is 13.0. The zero-order chi connectivity index (χ0) is 19.4. The van der Waals surface area contributed by atoms with E-state index in [9.17, 15) is 18.8 Å². The Morgan fingerprint density at radius 3 is 2.96 bits per heavy atom. The summed E-state index contributed by atoms with van der Waals surface area (Å²) in [7, 11) is 0. The van der Waals surface area contributed by atoms with Crippen molar-refractivity contribution in [3.8, 4) is 0 Å². The van der Waals surface area contributed by atoms with Crippen LogP contribution in [-0.4, -0.2) is 34.3 Å². The average Bonchev–Trinajstić information content (AvgIpc) is 3.30. The highest BCUT2D eigenvalue weighted by Gasteiger charge is 2.38. The zero-order valence-electron chi connectivity index (χ0n) is 14.6. The number of hydrogen-bond donors (Lipinski definition) is 1. The van der Waals surface area contributed by atoms with E-state index in [1.54, 1.807) is 19.1 Å². The number of rotatable bonds is 7. The van der Waals surface area contributed by atoms with Crippen molar-refractivity contribution in [2.24, 2.45) is 0 Å². The summed E-state index contributed by atoms with van der Waals surface area (Å²) in [5, 5.41) is 0. The van der Waals surface area contributed by atoms with Crippen molar-refractivity contribution in [1.29, 1.82) is 0 Å². The minimum absolute atomic E-state index is 0.0768. The molecule has 0 bridgehead atoms. The Bertz CT molecular complexity index is 889. The molecule has 3 rings (SSSR count). The molecular weight excluding hydrogens is 363 g/mol. The number of aromatic nitrogens is 2. The fourth-order valence-electron chi connectivity index (χ4n) is 2.73. The van der Waals surface area contributed by atoms with E-state index in [0.717, 1.165) is 10.8 Å². The second-order valence-corrected chi connectivity index (χ2v) is 5.97. The van der Waals surface area contributed by atoms with E-state index in [-0.39, 0.29) is 26.1 Å². The molecule has 0 aliphatic carbocycles. The Kier molecular flexibility index (Phi) is 5.87. The minimum Gasteiger partial charge on any atom is -0.467 e. The van der Waals surface area contributed by atoms with Gasteiger partial charge in [0, 0.05) is 12.8 Å². The van der Waals surface area contributed by atoms with Crippen molar-refractivity contribution in [3.63, 3.8) is 0 Å². The molecule has 2 aromatic heterocycles. The van der Waals surface area contributed by atoms with Crippen LogP contribution in [0, 0.1) is 5.82 Å². The van der Waals surface area contributed by atoms with Crippen molar-refractivity contribution >= 4 is 5.97 Å². The Morgan fingerprint density at radius 2 is 2.26 bits per heavy atom. The van der Waals surface area contributed by atoms with Crippen molar-refractivity contribution in [3.05, 3.63) is 57.0 Å². The fourth-order valence-corrected chi connectivity index (χ4v) is 2.73. The minimum atomic E-state index is -1.10. The first kappa shape index (κ1) is 19.1. The first-order valence-corrected chi connectivity index (χ1v) is 8.44. The van der Waals surface area contributed by atoms with Crippen LogP contribution >= 0.6 is 0 Å². The lowest BCUT2D eigenvalue weighted by Crippen LogP contribution is -2.34. The second-order valence-electron chi connectivity index (χ2n) is 5.97. The number of nitrogens with zero attached hydrogens (tertiary/aromatic N) is 1. The molecule has 0 spiro atoms. The Labute approximate surface area is 152 Å². The van der Waals surface area contributed by atoms with Gasteiger partial charge in [0.2, 0.25) is 5.82 Å². The third-order valence-electron chi connectivity index (χ3n) is 4.13. The highest BCUT2D eigenvalue weighted by molar-refractivity contribution is 5.68. The van der Waals surface area contributed by atoms with Crippen LogP contribution in [0.25, 0.3) is 0 Å². The summed E-state index contributed by atoms with van der Waals surface area (Å²) >= 11 is 0. The van der Waals surface area contributed by atoms with Gasteiger partial charge in [-0.2, -0.15) is 4.39 Å². The normalized spacial score (nSPS) is 22.1. The van der Waals surface area contributed by atoms with Crippen LogP contribution in [0.3, 0.4) is 0 Å². The van der Waals surface area contributed by atoms with Crippen LogP contribution in [0.1, 0.15) is 31.8 Å². The van der Waals surface area contributed by atoms with Crippen LogP contribution in [0.2, 0.25) is 0 Å². The number of ether oxygens (including phenoxy) is 3. The molecule has 0 aromatic carbocycles. The molecule has 27 heavy (non-hydrogen) atoms. The summed E-state index contributed by atoms with van der Waals surface area (Å²) in [6.45, 7) is 1.74. The Balaban J connectivity index is 1.75. The van der Waals surface area contributed by atoms with E-state index in [4.69, 9.17) is 18.6 Å². The molecule has 2 aromatic rings. The van der Waals surface area contributed by atoms with Gasteiger partial charge in [-0.25, -0.2) is 4.79 Å². The van der Waals surface area contributed by atoms with E-state index in [1.807, 2.05) is 4.98 Å². The number of nitrogens with one attached hydrogen (secondary N) is 1. The molecule has 0 radical (unpaired) electrons. The van der Waals surface area contributed by atoms with Gasteiger partial charge in [-0.3, -0.25) is 19.1 Å². The number of carbonyl (C=O) groups is 1. The van der Waals surface area contributed by atoms with Gasteiger partial charge in [0.15, 0.2) is 0 Å². The van der Waals surface area contributed by atoms with Crippen molar-refractivity contribution in [1.82, 2.24) is 9.55 Å². The number of carbonyl (C=O) groups excluding carboxylic acids is 1. The van der Waals surface area contributed by atoms with Gasteiger partial charge in [-0.1, -0.05) is 6.92 Å². The molecule has 1 saturated heterocycles. The van der Waals surface area contributed by atoms with Crippen LogP contribution in [0.4, 0.5) is 4.39 Å². The molecule has 1 N–H and O–H groups in total. The number of furan rings is 1. The number of H-pyrrole nitrogens is 1. The lowest BCUT2D eigenvalue weighted by atomic mass is 10.2. The predicted molar refractivity (Wildman–Crippen MR) is 88.3 cm³/mol. The number of halogens is 1. The van der Waals surface area contributed by atoms with E-state index < -0.39 is 41.5 Å².